The zero-order valence-corrected chi connectivity index (χ0v) is 27.9. The Morgan fingerprint density at radius 1 is 0.673 bits per heavy atom. The molecule has 0 saturated carbocycles. The molecule has 0 spiro atoms. The molecule has 0 fully saturated rings. The SMILES string of the molecule is Cc1cc(NC(=O)c2ccc([N+](=O)[O-])cc2S(=O)(=O)O)ccc1S(=O)(=O)Nc1cc(S(=O)(=O)O)cc2cc(S(=O)(=O)O)cc(S(=O)(=O)O)c12. The van der Waals surface area contributed by atoms with E-state index in [1.807, 2.05) is 4.72 Å². The van der Waals surface area contributed by atoms with E-state index >= 15 is 0 Å². The number of nitrogens with zero attached hydrogens (tertiary/aromatic N) is 1. The zero-order chi connectivity index (χ0) is 37.1. The van der Waals surface area contributed by atoms with Crippen LogP contribution < -0.4 is 10.0 Å². The van der Waals surface area contributed by atoms with Crippen LogP contribution in [0.3, 0.4) is 0 Å². The second-order valence-electron chi connectivity index (χ2n) is 9.87. The summed E-state index contributed by atoms with van der Waals surface area (Å²) in [6, 6.07) is 6.66. The minimum Gasteiger partial charge on any atom is -0.322 e. The Hall–Kier alpha value is -4.60. The van der Waals surface area contributed by atoms with Crippen molar-refractivity contribution in [3.05, 3.63) is 81.9 Å². The first-order chi connectivity index (χ1) is 22.2. The van der Waals surface area contributed by atoms with Gasteiger partial charge in [-0.05, 0) is 66.4 Å². The van der Waals surface area contributed by atoms with Gasteiger partial charge in [0.25, 0.3) is 62.1 Å². The lowest BCUT2D eigenvalue weighted by Gasteiger charge is -2.17. The molecule has 0 unspecified atom stereocenters. The number of sulfonamides is 1. The fourth-order valence-electron chi connectivity index (χ4n) is 4.46. The van der Waals surface area contributed by atoms with E-state index in [1.165, 1.54) is 6.92 Å². The van der Waals surface area contributed by atoms with Crippen molar-refractivity contribution in [3.63, 3.8) is 0 Å². The molecular formula is C24H19N3O17S5. The van der Waals surface area contributed by atoms with Crippen LogP contribution in [-0.4, -0.2) is 71.1 Å². The van der Waals surface area contributed by atoms with Crippen LogP contribution in [0.15, 0.2) is 85.1 Å². The van der Waals surface area contributed by atoms with Crippen molar-refractivity contribution in [1.29, 1.82) is 0 Å². The second kappa shape index (κ2) is 12.4. The molecule has 20 nitrogen and oxygen atoms in total. The standard InChI is InChI=1S/C24H19N3O17S5/c1-12-6-14(25-24(28)18-4-3-15(27(29)30)9-21(18)48(39,40)41)2-5-20(12)45(31,32)26-19-10-16(46(33,34)35)7-13-8-17(47(36,37)38)11-22(23(13)19)49(42,43)44/h2-11,26H,1H3,(H,25,28)(H,33,34,35)(H,36,37,38)(H,39,40,41)(H,42,43,44). The van der Waals surface area contributed by atoms with Crippen LogP contribution in [0.4, 0.5) is 17.1 Å². The average Bonchev–Trinajstić information content (AvgIpc) is 2.93. The van der Waals surface area contributed by atoms with Crippen molar-refractivity contribution in [3.8, 4) is 0 Å². The van der Waals surface area contributed by atoms with Crippen LogP contribution in [0.5, 0.6) is 0 Å². The molecule has 262 valence electrons. The summed E-state index contributed by atoms with van der Waals surface area (Å²) in [5, 5.41) is 11.8. The van der Waals surface area contributed by atoms with Crippen LogP contribution in [0.2, 0.25) is 0 Å². The highest BCUT2D eigenvalue weighted by Gasteiger charge is 2.28. The summed E-state index contributed by atoms with van der Waals surface area (Å²) < 4.78 is 163. The summed E-state index contributed by atoms with van der Waals surface area (Å²) >= 11 is 0. The first kappa shape index (κ1) is 37.2. The number of nitro groups is 1. The Morgan fingerprint density at radius 3 is 1.71 bits per heavy atom. The molecular weight excluding hydrogens is 763 g/mol. The van der Waals surface area contributed by atoms with Crippen molar-refractivity contribution in [1.82, 2.24) is 0 Å². The van der Waals surface area contributed by atoms with Crippen molar-refractivity contribution >= 4 is 84.2 Å². The van der Waals surface area contributed by atoms with Crippen molar-refractivity contribution < 1.29 is 70.0 Å². The van der Waals surface area contributed by atoms with Crippen molar-refractivity contribution in [2.24, 2.45) is 0 Å². The minimum absolute atomic E-state index is 0.164. The lowest BCUT2D eigenvalue weighted by Crippen LogP contribution is -2.18. The third kappa shape index (κ3) is 8.00. The number of hydrogen-bond acceptors (Lipinski definition) is 13. The van der Waals surface area contributed by atoms with E-state index < -0.39 is 114 Å². The molecule has 0 aliphatic rings. The first-order valence-corrected chi connectivity index (χ1v) is 19.7. The molecule has 0 aromatic heterocycles. The predicted molar refractivity (Wildman–Crippen MR) is 166 cm³/mol. The highest BCUT2D eigenvalue weighted by atomic mass is 32.2. The second-order valence-corrected chi connectivity index (χ2v) is 17.1. The fourth-order valence-corrected chi connectivity index (χ4v) is 8.38. The van der Waals surface area contributed by atoms with Crippen LogP contribution in [0.25, 0.3) is 10.8 Å². The number of anilines is 2. The van der Waals surface area contributed by atoms with Gasteiger partial charge in [0.2, 0.25) is 0 Å². The number of carbonyl (C=O) groups is 1. The number of nitrogens with one attached hydrogen (secondary N) is 2. The third-order valence-electron chi connectivity index (χ3n) is 6.50. The Morgan fingerprint density at radius 2 is 1.22 bits per heavy atom. The fraction of sp³-hybridized carbons (Fsp3) is 0.0417. The third-order valence-corrected chi connectivity index (χ3v) is 11.5. The topological polar surface area (TPSA) is 336 Å². The van der Waals surface area contributed by atoms with Crippen LogP contribution in [0.1, 0.15) is 15.9 Å². The van der Waals surface area contributed by atoms with Gasteiger partial charge in [0.05, 0.1) is 30.9 Å². The number of benzene rings is 4. The predicted octanol–water partition coefficient (Wildman–Crippen LogP) is 2.10. The van der Waals surface area contributed by atoms with Gasteiger partial charge in [0, 0.05) is 23.2 Å². The number of nitro benzene ring substituents is 1. The minimum atomic E-state index is -5.42. The molecule has 0 heterocycles. The summed E-state index contributed by atoms with van der Waals surface area (Å²) in [6.07, 6.45) is 0. The van der Waals surface area contributed by atoms with Gasteiger partial charge in [0.15, 0.2) is 0 Å². The molecule has 49 heavy (non-hydrogen) atoms. The van der Waals surface area contributed by atoms with Gasteiger partial charge < -0.3 is 5.32 Å². The zero-order valence-electron chi connectivity index (χ0n) is 23.9. The van der Waals surface area contributed by atoms with Gasteiger partial charge in [-0.15, -0.1) is 0 Å². The highest BCUT2D eigenvalue weighted by Crippen LogP contribution is 2.37. The molecule has 4 aromatic rings. The quantitative estimate of drug-likeness (QED) is 0.0762. The molecule has 25 heteroatoms. The number of aryl methyl sites for hydroxylation is 1. The first-order valence-electron chi connectivity index (χ1n) is 12.5. The maximum absolute atomic E-state index is 13.5. The lowest BCUT2D eigenvalue weighted by atomic mass is 10.1. The van der Waals surface area contributed by atoms with Crippen LogP contribution in [-0.2, 0) is 50.5 Å². The number of amides is 1. The van der Waals surface area contributed by atoms with Gasteiger partial charge in [-0.1, -0.05) is 0 Å². The van der Waals surface area contributed by atoms with Crippen LogP contribution in [0, 0.1) is 17.0 Å². The van der Waals surface area contributed by atoms with Gasteiger partial charge >= 0.3 is 0 Å². The molecule has 6 N–H and O–H groups in total. The molecule has 0 aliphatic carbocycles. The number of hydrogen-bond donors (Lipinski definition) is 6. The molecule has 0 bridgehead atoms. The molecule has 4 aromatic carbocycles. The van der Waals surface area contributed by atoms with E-state index in [0.717, 1.165) is 30.3 Å². The highest BCUT2D eigenvalue weighted by molar-refractivity contribution is 7.93. The average molecular weight is 782 g/mol. The summed E-state index contributed by atoms with van der Waals surface area (Å²) in [7, 11) is -25.8. The maximum atomic E-state index is 13.5. The van der Waals surface area contributed by atoms with E-state index in [2.05, 4.69) is 5.32 Å². The molecule has 0 atom stereocenters. The number of non-ortho nitro benzene ring substituents is 1. The maximum Gasteiger partial charge on any atom is 0.295 e. The summed E-state index contributed by atoms with van der Waals surface area (Å²) in [5.41, 5.74) is -2.73. The monoisotopic (exact) mass is 781 g/mol. The Labute approximate surface area is 276 Å². The Bertz CT molecular complexity index is 2670. The van der Waals surface area contributed by atoms with Gasteiger partial charge in [-0.25, -0.2) is 8.42 Å². The summed E-state index contributed by atoms with van der Waals surface area (Å²) in [5.74, 6) is -1.20. The normalized spacial score (nSPS) is 12.8. The van der Waals surface area contributed by atoms with E-state index in [1.54, 1.807) is 0 Å². The number of fused-ring (bicyclic) bond motifs is 1. The Kier molecular flexibility index (Phi) is 9.40. The van der Waals surface area contributed by atoms with E-state index in [9.17, 15) is 75.2 Å². The molecule has 4 rings (SSSR count). The Balaban J connectivity index is 1.82. The smallest absolute Gasteiger partial charge is 0.295 e. The summed E-state index contributed by atoms with van der Waals surface area (Å²) in [4.78, 5) is 17.7. The van der Waals surface area contributed by atoms with Gasteiger partial charge in [-0.3, -0.25) is 37.8 Å². The molecule has 1 amide bonds. The van der Waals surface area contributed by atoms with E-state index in [-0.39, 0.29) is 17.3 Å². The van der Waals surface area contributed by atoms with Crippen molar-refractivity contribution in [2.45, 2.75) is 31.4 Å². The van der Waals surface area contributed by atoms with E-state index in [0.29, 0.717) is 24.3 Å². The lowest BCUT2D eigenvalue weighted by molar-refractivity contribution is -0.385. The largest absolute Gasteiger partial charge is 0.322 e. The number of rotatable bonds is 10. The summed E-state index contributed by atoms with van der Waals surface area (Å²) in [6.45, 7) is 1.19. The molecule has 0 saturated heterocycles. The molecule has 0 radical (unpaired) electrons. The van der Waals surface area contributed by atoms with Gasteiger partial charge in [-0.2, -0.15) is 33.7 Å². The van der Waals surface area contributed by atoms with E-state index in [4.69, 9.17) is 0 Å². The number of carbonyl (C=O) groups excluding carboxylic acids is 1. The molecule has 0 aliphatic heterocycles. The van der Waals surface area contributed by atoms with Crippen molar-refractivity contribution in [2.75, 3.05) is 10.0 Å². The van der Waals surface area contributed by atoms with Gasteiger partial charge in [0.1, 0.15) is 9.79 Å². The van der Waals surface area contributed by atoms with Crippen LogP contribution >= 0.6 is 0 Å².